The summed E-state index contributed by atoms with van der Waals surface area (Å²) in [5.41, 5.74) is 0.367. The minimum absolute atomic E-state index is 0.239. The number of nitrogens with one attached hydrogen (secondary N) is 1. The van der Waals surface area contributed by atoms with Crippen LogP contribution in [-0.4, -0.2) is 11.1 Å². The van der Waals surface area contributed by atoms with Crippen molar-refractivity contribution in [2.24, 2.45) is 0 Å². The zero-order chi connectivity index (χ0) is 12.3. The SMILES string of the molecule is O=C(NCc1ccno1)c1ccc(F)cc1Br. The van der Waals surface area contributed by atoms with Gasteiger partial charge in [0.2, 0.25) is 0 Å². The molecule has 6 heteroatoms. The van der Waals surface area contributed by atoms with Gasteiger partial charge in [-0.15, -0.1) is 0 Å². The average Bonchev–Trinajstić information content (AvgIpc) is 2.78. The first-order valence-electron chi connectivity index (χ1n) is 4.79. The maximum absolute atomic E-state index is 12.8. The molecule has 88 valence electrons. The number of aromatic nitrogens is 1. The van der Waals surface area contributed by atoms with Crippen molar-refractivity contribution in [2.45, 2.75) is 6.54 Å². The molecule has 0 saturated heterocycles. The van der Waals surface area contributed by atoms with Gasteiger partial charge in [0.25, 0.3) is 5.91 Å². The number of halogens is 2. The second-order valence-corrected chi connectivity index (χ2v) is 4.14. The van der Waals surface area contributed by atoms with Crippen LogP contribution in [0.15, 0.2) is 39.5 Å². The van der Waals surface area contributed by atoms with E-state index in [1.54, 1.807) is 6.07 Å². The van der Waals surface area contributed by atoms with E-state index in [-0.39, 0.29) is 12.5 Å². The lowest BCUT2D eigenvalue weighted by Crippen LogP contribution is -2.22. The molecule has 0 fully saturated rings. The van der Waals surface area contributed by atoms with E-state index in [0.717, 1.165) is 0 Å². The second kappa shape index (κ2) is 5.09. The number of carbonyl (C=O) groups excluding carboxylic acids is 1. The van der Waals surface area contributed by atoms with Crippen LogP contribution in [0.4, 0.5) is 4.39 Å². The van der Waals surface area contributed by atoms with Gasteiger partial charge in [-0.1, -0.05) is 5.16 Å². The van der Waals surface area contributed by atoms with E-state index in [2.05, 4.69) is 26.4 Å². The Bertz CT molecular complexity index is 528. The highest BCUT2D eigenvalue weighted by molar-refractivity contribution is 9.10. The quantitative estimate of drug-likeness (QED) is 0.947. The molecule has 0 radical (unpaired) electrons. The Morgan fingerprint density at radius 3 is 2.94 bits per heavy atom. The number of nitrogens with zero attached hydrogens (tertiary/aromatic N) is 1. The van der Waals surface area contributed by atoms with Crippen LogP contribution in [-0.2, 0) is 6.54 Å². The third kappa shape index (κ3) is 2.91. The van der Waals surface area contributed by atoms with Crippen LogP contribution in [0, 0.1) is 5.82 Å². The van der Waals surface area contributed by atoms with E-state index in [9.17, 15) is 9.18 Å². The van der Waals surface area contributed by atoms with E-state index in [0.29, 0.717) is 15.8 Å². The maximum Gasteiger partial charge on any atom is 0.252 e. The molecule has 1 amide bonds. The molecular weight excluding hydrogens is 291 g/mol. The van der Waals surface area contributed by atoms with Crippen molar-refractivity contribution in [1.82, 2.24) is 10.5 Å². The van der Waals surface area contributed by atoms with Crippen molar-refractivity contribution in [3.05, 3.63) is 52.1 Å². The summed E-state index contributed by atoms with van der Waals surface area (Å²) in [5, 5.41) is 6.15. The fourth-order valence-electron chi connectivity index (χ4n) is 1.27. The van der Waals surface area contributed by atoms with E-state index in [1.165, 1.54) is 24.4 Å². The fraction of sp³-hybridized carbons (Fsp3) is 0.0909. The van der Waals surface area contributed by atoms with Crippen LogP contribution in [0.1, 0.15) is 16.1 Å². The molecule has 1 N–H and O–H groups in total. The van der Waals surface area contributed by atoms with Gasteiger partial charge in [0.1, 0.15) is 5.82 Å². The van der Waals surface area contributed by atoms with Crippen molar-refractivity contribution in [1.29, 1.82) is 0 Å². The Kier molecular flexibility index (Phi) is 3.53. The van der Waals surface area contributed by atoms with Gasteiger partial charge in [0, 0.05) is 10.5 Å². The number of rotatable bonds is 3. The number of amides is 1. The summed E-state index contributed by atoms with van der Waals surface area (Å²) in [6, 6.07) is 5.53. The molecule has 0 bridgehead atoms. The highest BCUT2D eigenvalue weighted by atomic mass is 79.9. The van der Waals surface area contributed by atoms with Crippen molar-refractivity contribution >= 4 is 21.8 Å². The summed E-state index contributed by atoms with van der Waals surface area (Å²) < 4.78 is 18.1. The standard InChI is InChI=1S/C11H8BrFN2O2/c12-10-5-7(13)1-2-9(10)11(16)14-6-8-3-4-15-17-8/h1-5H,6H2,(H,14,16). The maximum atomic E-state index is 12.8. The molecule has 17 heavy (non-hydrogen) atoms. The summed E-state index contributed by atoms with van der Waals surface area (Å²) in [5.74, 6) is -0.159. The molecule has 1 aromatic heterocycles. The van der Waals surface area contributed by atoms with Crippen molar-refractivity contribution in [3.63, 3.8) is 0 Å². The fourth-order valence-corrected chi connectivity index (χ4v) is 1.80. The zero-order valence-corrected chi connectivity index (χ0v) is 10.2. The predicted octanol–water partition coefficient (Wildman–Crippen LogP) is 2.51. The number of hydrogen-bond acceptors (Lipinski definition) is 3. The van der Waals surface area contributed by atoms with Crippen LogP contribution in [0.3, 0.4) is 0 Å². The Hall–Kier alpha value is -1.69. The summed E-state index contributed by atoms with van der Waals surface area (Å²) in [6.45, 7) is 0.239. The molecule has 0 aliphatic heterocycles. The summed E-state index contributed by atoms with van der Waals surface area (Å²) >= 11 is 3.13. The lowest BCUT2D eigenvalue weighted by atomic mass is 10.2. The third-order valence-electron chi connectivity index (χ3n) is 2.09. The van der Waals surface area contributed by atoms with Crippen LogP contribution < -0.4 is 5.32 Å². The largest absolute Gasteiger partial charge is 0.360 e. The van der Waals surface area contributed by atoms with Crippen LogP contribution >= 0.6 is 15.9 Å². The van der Waals surface area contributed by atoms with Gasteiger partial charge in [-0.05, 0) is 34.1 Å². The van der Waals surface area contributed by atoms with Gasteiger partial charge in [0.15, 0.2) is 5.76 Å². The molecule has 4 nitrogen and oxygen atoms in total. The van der Waals surface area contributed by atoms with Crippen LogP contribution in [0.2, 0.25) is 0 Å². The molecule has 1 aromatic carbocycles. The summed E-state index contributed by atoms with van der Waals surface area (Å²) in [6.07, 6.45) is 1.50. The molecule has 0 spiro atoms. The second-order valence-electron chi connectivity index (χ2n) is 3.29. The van der Waals surface area contributed by atoms with Gasteiger partial charge in [-0.3, -0.25) is 4.79 Å². The summed E-state index contributed by atoms with van der Waals surface area (Å²) in [7, 11) is 0. The monoisotopic (exact) mass is 298 g/mol. The van der Waals surface area contributed by atoms with Crippen molar-refractivity contribution in [2.75, 3.05) is 0 Å². The van der Waals surface area contributed by atoms with Crippen molar-refractivity contribution in [3.8, 4) is 0 Å². The first-order chi connectivity index (χ1) is 8.16. The molecule has 2 rings (SSSR count). The van der Waals surface area contributed by atoms with Crippen molar-refractivity contribution < 1.29 is 13.7 Å². The van der Waals surface area contributed by atoms with Gasteiger partial charge in [-0.2, -0.15) is 0 Å². The Morgan fingerprint density at radius 1 is 1.47 bits per heavy atom. The molecular formula is C11H8BrFN2O2. The van der Waals surface area contributed by atoms with Gasteiger partial charge in [0.05, 0.1) is 18.3 Å². The lowest BCUT2D eigenvalue weighted by Gasteiger charge is -2.05. The minimum atomic E-state index is -0.399. The Balaban J connectivity index is 2.04. The Morgan fingerprint density at radius 2 is 2.29 bits per heavy atom. The topological polar surface area (TPSA) is 55.1 Å². The molecule has 2 aromatic rings. The molecule has 0 unspecified atom stereocenters. The smallest absolute Gasteiger partial charge is 0.252 e. The normalized spacial score (nSPS) is 10.2. The minimum Gasteiger partial charge on any atom is -0.360 e. The van der Waals surface area contributed by atoms with Gasteiger partial charge in [-0.25, -0.2) is 4.39 Å². The highest BCUT2D eigenvalue weighted by Crippen LogP contribution is 2.17. The van der Waals surface area contributed by atoms with E-state index >= 15 is 0 Å². The summed E-state index contributed by atoms with van der Waals surface area (Å²) in [4.78, 5) is 11.7. The van der Waals surface area contributed by atoms with Crippen LogP contribution in [0.25, 0.3) is 0 Å². The average molecular weight is 299 g/mol. The van der Waals surface area contributed by atoms with E-state index in [4.69, 9.17) is 4.52 Å². The van der Waals surface area contributed by atoms with E-state index < -0.39 is 5.82 Å². The third-order valence-corrected chi connectivity index (χ3v) is 2.75. The first kappa shape index (κ1) is 11.8. The molecule has 0 saturated carbocycles. The highest BCUT2D eigenvalue weighted by Gasteiger charge is 2.10. The lowest BCUT2D eigenvalue weighted by molar-refractivity contribution is 0.0946. The molecule has 1 heterocycles. The molecule has 0 aliphatic carbocycles. The molecule has 0 aliphatic rings. The number of hydrogen-bond donors (Lipinski definition) is 1. The first-order valence-corrected chi connectivity index (χ1v) is 5.59. The zero-order valence-electron chi connectivity index (χ0n) is 8.61. The van der Waals surface area contributed by atoms with Crippen LogP contribution in [0.5, 0.6) is 0 Å². The molecule has 0 atom stereocenters. The Labute approximate surface area is 105 Å². The van der Waals surface area contributed by atoms with E-state index in [1.807, 2.05) is 0 Å². The predicted molar refractivity (Wildman–Crippen MR) is 61.8 cm³/mol. The number of carbonyl (C=O) groups is 1. The van der Waals surface area contributed by atoms with Gasteiger partial charge < -0.3 is 9.84 Å². The van der Waals surface area contributed by atoms with Gasteiger partial charge >= 0.3 is 0 Å². The number of benzene rings is 1.